The fourth-order valence-corrected chi connectivity index (χ4v) is 6.15. The molecule has 8 heteroatoms. The maximum Gasteiger partial charge on any atom is 0.253 e. The highest BCUT2D eigenvalue weighted by atomic mass is 79.9. The van der Waals surface area contributed by atoms with Gasteiger partial charge in [-0.2, -0.15) is 4.31 Å². The lowest BCUT2D eigenvalue weighted by Gasteiger charge is -2.34. The number of anilines is 1. The van der Waals surface area contributed by atoms with E-state index in [9.17, 15) is 8.42 Å². The van der Waals surface area contributed by atoms with Crippen LogP contribution in [0.2, 0.25) is 0 Å². The van der Waals surface area contributed by atoms with Gasteiger partial charge in [0.15, 0.2) is 0 Å². The van der Waals surface area contributed by atoms with Crippen LogP contribution in [0.5, 0.6) is 0 Å². The second-order valence-electron chi connectivity index (χ2n) is 4.64. The Morgan fingerprint density at radius 2 is 1.90 bits per heavy atom. The quantitative estimate of drug-likeness (QED) is 0.811. The zero-order valence-electron chi connectivity index (χ0n) is 11.1. The van der Waals surface area contributed by atoms with Crippen molar-refractivity contribution in [1.82, 2.24) is 9.29 Å². The van der Waals surface area contributed by atoms with Gasteiger partial charge in [-0.1, -0.05) is 6.07 Å². The second kappa shape index (κ2) is 6.04. The number of halogens is 1. The third-order valence-electron chi connectivity index (χ3n) is 3.37. The van der Waals surface area contributed by atoms with Gasteiger partial charge in [0.1, 0.15) is 10.0 Å². The van der Waals surface area contributed by atoms with Crippen LogP contribution in [0.1, 0.15) is 0 Å². The summed E-state index contributed by atoms with van der Waals surface area (Å²) in [7, 11) is -3.40. The van der Waals surface area contributed by atoms with Gasteiger partial charge in [-0.25, -0.2) is 13.4 Å². The van der Waals surface area contributed by atoms with Gasteiger partial charge in [-0.3, -0.25) is 0 Å². The van der Waals surface area contributed by atoms with Gasteiger partial charge < -0.3 is 4.90 Å². The Morgan fingerprint density at radius 3 is 2.48 bits per heavy atom. The molecule has 2 aromatic rings. The zero-order valence-corrected chi connectivity index (χ0v) is 14.4. The van der Waals surface area contributed by atoms with Gasteiger partial charge in [0, 0.05) is 36.8 Å². The van der Waals surface area contributed by atoms with E-state index in [-0.39, 0.29) is 0 Å². The van der Waals surface area contributed by atoms with Crippen LogP contribution in [0, 0.1) is 0 Å². The summed E-state index contributed by atoms with van der Waals surface area (Å²) < 4.78 is 27.7. The molecule has 0 spiro atoms. The van der Waals surface area contributed by atoms with Crippen molar-refractivity contribution in [2.24, 2.45) is 0 Å². The van der Waals surface area contributed by atoms with E-state index < -0.39 is 10.0 Å². The molecule has 3 heterocycles. The summed E-state index contributed by atoms with van der Waals surface area (Å²) in [6.07, 6.45) is 1.75. The summed E-state index contributed by atoms with van der Waals surface area (Å²) >= 11 is 4.55. The Kier molecular flexibility index (Phi) is 4.30. The highest BCUT2D eigenvalue weighted by molar-refractivity contribution is 9.10. The molecule has 0 unspecified atom stereocenters. The van der Waals surface area contributed by atoms with Crippen LogP contribution in [0.15, 0.2) is 44.5 Å². The first-order chi connectivity index (χ1) is 10.1. The van der Waals surface area contributed by atoms with Gasteiger partial charge in [0.05, 0.1) is 0 Å². The van der Waals surface area contributed by atoms with E-state index in [1.807, 2.05) is 18.2 Å². The minimum atomic E-state index is -3.40. The lowest BCUT2D eigenvalue weighted by Crippen LogP contribution is -2.48. The molecule has 3 rings (SSSR count). The normalized spacial score (nSPS) is 17.1. The molecule has 0 amide bonds. The maximum absolute atomic E-state index is 12.6. The van der Waals surface area contributed by atoms with E-state index in [0.29, 0.717) is 34.9 Å². The van der Waals surface area contributed by atoms with E-state index in [2.05, 4.69) is 25.8 Å². The molecular formula is C13H14BrN3O2S2. The first-order valence-electron chi connectivity index (χ1n) is 6.48. The van der Waals surface area contributed by atoms with E-state index in [4.69, 9.17) is 0 Å². The summed E-state index contributed by atoms with van der Waals surface area (Å²) in [5.41, 5.74) is 0. The monoisotopic (exact) mass is 387 g/mol. The highest BCUT2D eigenvalue weighted by Crippen LogP contribution is 2.30. The van der Waals surface area contributed by atoms with Crippen LogP contribution in [-0.4, -0.2) is 43.9 Å². The van der Waals surface area contributed by atoms with Crippen LogP contribution in [0.3, 0.4) is 0 Å². The van der Waals surface area contributed by atoms with Crippen molar-refractivity contribution in [1.29, 1.82) is 0 Å². The Labute approximate surface area is 136 Å². The number of thiophene rings is 1. The summed E-state index contributed by atoms with van der Waals surface area (Å²) in [6, 6.07) is 7.52. The van der Waals surface area contributed by atoms with Crippen LogP contribution in [-0.2, 0) is 10.0 Å². The van der Waals surface area contributed by atoms with Crippen molar-refractivity contribution in [3.05, 3.63) is 40.3 Å². The van der Waals surface area contributed by atoms with Crippen molar-refractivity contribution in [3.63, 3.8) is 0 Å². The third kappa shape index (κ3) is 2.98. The molecular weight excluding hydrogens is 374 g/mol. The molecule has 2 aromatic heterocycles. The molecule has 0 N–H and O–H groups in total. The van der Waals surface area contributed by atoms with Gasteiger partial charge in [0.25, 0.3) is 10.0 Å². The number of rotatable bonds is 3. The molecule has 1 aliphatic heterocycles. The Hall–Kier alpha value is -0.960. The molecule has 0 atom stereocenters. The Morgan fingerprint density at radius 1 is 1.14 bits per heavy atom. The van der Waals surface area contributed by atoms with Crippen LogP contribution < -0.4 is 4.90 Å². The van der Waals surface area contributed by atoms with E-state index in [0.717, 1.165) is 5.82 Å². The number of hydrogen-bond donors (Lipinski definition) is 0. The molecule has 0 saturated carbocycles. The lowest BCUT2D eigenvalue weighted by molar-refractivity contribution is 0.384. The van der Waals surface area contributed by atoms with E-state index in [1.165, 1.54) is 11.3 Å². The minimum Gasteiger partial charge on any atom is -0.354 e. The van der Waals surface area contributed by atoms with Gasteiger partial charge >= 0.3 is 0 Å². The molecule has 0 aliphatic carbocycles. The SMILES string of the molecule is O=S(=O)(c1sccc1Br)N1CCN(c2ccccn2)CC1. The van der Waals surface area contributed by atoms with Crippen molar-refractivity contribution >= 4 is 43.1 Å². The zero-order chi connectivity index (χ0) is 14.9. The summed E-state index contributed by atoms with van der Waals surface area (Å²) in [6.45, 7) is 2.25. The lowest BCUT2D eigenvalue weighted by atomic mass is 10.3. The first kappa shape index (κ1) is 15.0. The standard InChI is InChI=1S/C13H14BrN3O2S2/c14-11-4-10-20-13(11)21(18,19)17-8-6-16(7-9-17)12-3-1-2-5-15-12/h1-5,10H,6-9H2. The molecule has 0 bridgehead atoms. The van der Waals surface area contributed by atoms with Gasteiger partial charge in [-0.05, 0) is 39.5 Å². The smallest absolute Gasteiger partial charge is 0.253 e. The third-order valence-corrected chi connectivity index (χ3v) is 7.92. The van der Waals surface area contributed by atoms with Gasteiger partial charge in [-0.15, -0.1) is 11.3 Å². The highest BCUT2D eigenvalue weighted by Gasteiger charge is 2.31. The molecule has 1 fully saturated rings. The van der Waals surface area contributed by atoms with E-state index >= 15 is 0 Å². The predicted molar refractivity (Wildman–Crippen MR) is 87.2 cm³/mol. The topological polar surface area (TPSA) is 53.5 Å². The first-order valence-corrected chi connectivity index (χ1v) is 9.59. The van der Waals surface area contributed by atoms with Crippen molar-refractivity contribution in [2.45, 2.75) is 4.21 Å². The molecule has 0 radical (unpaired) electrons. The number of piperazine rings is 1. The molecule has 0 aromatic carbocycles. The Bertz CT molecular complexity index is 710. The van der Waals surface area contributed by atoms with Crippen LogP contribution in [0.4, 0.5) is 5.82 Å². The minimum absolute atomic E-state index is 0.383. The Balaban J connectivity index is 1.73. The molecule has 1 saturated heterocycles. The number of hydrogen-bond acceptors (Lipinski definition) is 5. The number of aromatic nitrogens is 1. The van der Waals surface area contributed by atoms with E-state index in [1.54, 1.807) is 21.9 Å². The van der Waals surface area contributed by atoms with Crippen LogP contribution in [0.25, 0.3) is 0 Å². The number of nitrogens with zero attached hydrogens (tertiary/aromatic N) is 3. The summed E-state index contributed by atoms with van der Waals surface area (Å²) in [5.74, 6) is 0.895. The molecule has 5 nitrogen and oxygen atoms in total. The largest absolute Gasteiger partial charge is 0.354 e. The fraction of sp³-hybridized carbons (Fsp3) is 0.308. The average molecular weight is 388 g/mol. The number of sulfonamides is 1. The number of pyridine rings is 1. The molecule has 1 aliphatic rings. The summed E-state index contributed by atoms with van der Waals surface area (Å²) in [4.78, 5) is 6.41. The molecule has 21 heavy (non-hydrogen) atoms. The fourth-order valence-electron chi connectivity index (χ4n) is 2.28. The van der Waals surface area contributed by atoms with Crippen molar-refractivity contribution in [3.8, 4) is 0 Å². The van der Waals surface area contributed by atoms with Gasteiger partial charge in [0.2, 0.25) is 0 Å². The second-order valence-corrected chi connectivity index (χ2v) is 8.54. The van der Waals surface area contributed by atoms with Crippen LogP contribution >= 0.6 is 27.3 Å². The average Bonchev–Trinajstić information content (AvgIpc) is 2.95. The molecule has 112 valence electrons. The van der Waals surface area contributed by atoms with Crippen molar-refractivity contribution < 1.29 is 8.42 Å². The van der Waals surface area contributed by atoms with Crippen molar-refractivity contribution in [2.75, 3.05) is 31.1 Å². The predicted octanol–water partition coefficient (Wildman–Crippen LogP) is 2.42. The summed E-state index contributed by atoms with van der Waals surface area (Å²) in [5, 5.41) is 1.78. The maximum atomic E-state index is 12.6.